The minimum Gasteiger partial charge on any atom is -1.00 e. The van der Waals surface area contributed by atoms with E-state index in [1.165, 1.54) is 51.4 Å². The van der Waals surface area contributed by atoms with E-state index in [-0.39, 0.29) is 24.8 Å². The smallest absolute Gasteiger partial charge is 1.00 e. The second kappa shape index (κ2) is 11.9. The maximum absolute atomic E-state index is 2.53. The minimum absolute atomic E-state index is 0. The molecular formula is C20H30Cl2Hf. The largest absolute Gasteiger partial charge is 1.00 e. The molecule has 2 aliphatic rings. The van der Waals surface area contributed by atoms with E-state index >= 15 is 0 Å². The van der Waals surface area contributed by atoms with E-state index in [0.717, 1.165) is 0 Å². The molecule has 0 aromatic rings. The summed E-state index contributed by atoms with van der Waals surface area (Å²) in [6, 6.07) is 0. The number of unbranched alkanes of at least 4 members (excludes halogenated alkanes) is 2. The summed E-state index contributed by atoms with van der Waals surface area (Å²) in [6.07, 6.45) is 15.6. The molecular weight excluding hydrogens is 490 g/mol. The van der Waals surface area contributed by atoms with E-state index in [1.54, 1.807) is 22.3 Å². The summed E-state index contributed by atoms with van der Waals surface area (Å²) < 4.78 is 3.75. The molecule has 0 radical (unpaired) electrons. The molecule has 0 fully saturated rings. The van der Waals surface area contributed by atoms with Gasteiger partial charge in [-0.15, -0.1) is 0 Å². The van der Waals surface area contributed by atoms with Crippen molar-refractivity contribution in [2.24, 2.45) is 0 Å². The van der Waals surface area contributed by atoms with Crippen LogP contribution in [0.5, 0.6) is 0 Å². The average Bonchev–Trinajstić information content (AvgIpc) is 3.00. The van der Waals surface area contributed by atoms with Crippen LogP contribution in [0.15, 0.2) is 41.1 Å². The van der Waals surface area contributed by atoms with Crippen LogP contribution in [0.1, 0.15) is 79.1 Å². The quantitative estimate of drug-likeness (QED) is 0.414. The molecule has 0 amide bonds. The second-order valence-electron chi connectivity index (χ2n) is 6.41. The van der Waals surface area contributed by atoms with Gasteiger partial charge in [0.2, 0.25) is 0 Å². The Morgan fingerprint density at radius 3 is 1.52 bits per heavy atom. The van der Waals surface area contributed by atoms with Gasteiger partial charge in [0.05, 0.1) is 0 Å². The fraction of sp³-hybridized carbons (Fsp3) is 0.600. The van der Waals surface area contributed by atoms with E-state index in [0.29, 0.717) is 0 Å². The third-order valence-electron chi connectivity index (χ3n) is 4.87. The fourth-order valence-corrected chi connectivity index (χ4v) is 8.51. The van der Waals surface area contributed by atoms with Crippen LogP contribution >= 0.6 is 0 Å². The minimum atomic E-state index is -0.747. The molecule has 0 aromatic heterocycles. The third-order valence-corrected chi connectivity index (χ3v) is 11.2. The molecule has 0 heterocycles. The Kier molecular flexibility index (Phi) is 12.1. The van der Waals surface area contributed by atoms with Gasteiger partial charge in [-0.25, -0.2) is 0 Å². The Morgan fingerprint density at radius 2 is 1.17 bits per heavy atom. The maximum Gasteiger partial charge on any atom is -1.00 e. The van der Waals surface area contributed by atoms with Crippen molar-refractivity contribution in [1.29, 1.82) is 0 Å². The molecule has 128 valence electrons. The molecule has 3 heteroatoms. The molecule has 2 aliphatic carbocycles. The fourth-order valence-electron chi connectivity index (χ4n) is 3.24. The van der Waals surface area contributed by atoms with Crippen molar-refractivity contribution in [3.8, 4) is 0 Å². The number of hydrogen-bond acceptors (Lipinski definition) is 0. The third kappa shape index (κ3) is 6.33. The zero-order valence-corrected chi connectivity index (χ0v) is 20.2. The van der Waals surface area contributed by atoms with Crippen molar-refractivity contribution in [3.63, 3.8) is 0 Å². The number of halogens is 2. The summed E-state index contributed by atoms with van der Waals surface area (Å²) >= 11 is -0.747. The Hall–Kier alpha value is 0.410. The topological polar surface area (TPSA) is 0 Å². The molecule has 23 heavy (non-hydrogen) atoms. The van der Waals surface area contributed by atoms with E-state index in [2.05, 4.69) is 39.8 Å². The number of rotatable bonds is 8. The molecule has 0 aliphatic heterocycles. The van der Waals surface area contributed by atoms with Crippen LogP contribution in [0, 0.1) is 0 Å². The molecule has 0 unspecified atom stereocenters. The Bertz CT molecular complexity index is 464. The Balaban J connectivity index is 0.00000242. The van der Waals surface area contributed by atoms with Crippen LogP contribution in [0.4, 0.5) is 0 Å². The molecule has 0 spiro atoms. The van der Waals surface area contributed by atoms with Crippen molar-refractivity contribution in [1.82, 2.24) is 0 Å². The van der Waals surface area contributed by atoms with Crippen molar-refractivity contribution >= 4 is 0 Å². The SMILES string of the molecule is CCCCC1=CC[C]([Hf+2][C]2=C(C)C(CCCC)=CC2)=C1C.[Cl-].[Cl-]. The van der Waals surface area contributed by atoms with Crippen LogP contribution in [0.25, 0.3) is 0 Å². The molecule has 2 rings (SSSR count). The normalized spacial score (nSPS) is 16.7. The maximum atomic E-state index is 2.53. The molecule has 0 saturated heterocycles. The number of allylic oxidation sites excluding steroid dienone is 8. The van der Waals surface area contributed by atoms with Gasteiger partial charge in [-0.1, -0.05) is 0 Å². The standard InChI is InChI=1S/2C10H15.2ClH.Hf/c2*1-3-4-7-10-8-5-6-9(10)2;;;/h2*8H,3-5,7H2,1-2H3;2*1H;/q;;;;+2/p-2. The van der Waals surface area contributed by atoms with Gasteiger partial charge in [0.1, 0.15) is 0 Å². The van der Waals surface area contributed by atoms with Gasteiger partial charge >= 0.3 is 143 Å². The molecule has 0 aromatic carbocycles. The summed E-state index contributed by atoms with van der Waals surface area (Å²) in [5, 5.41) is 0. The zero-order valence-electron chi connectivity index (χ0n) is 15.1. The van der Waals surface area contributed by atoms with Gasteiger partial charge in [0.15, 0.2) is 0 Å². The van der Waals surface area contributed by atoms with E-state index < -0.39 is 22.9 Å². The van der Waals surface area contributed by atoms with Crippen LogP contribution < -0.4 is 24.8 Å². The Labute approximate surface area is 167 Å². The summed E-state index contributed by atoms with van der Waals surface area (Å²) in [5.74, 6) is 0. The first-order chi connectivity index (χ1) is 10.2. The van der Waals surface area contributed by atoms with Crippen molar-refractivity contribution in [2.75, 3.05) is 0 Å². The van der Waals surface area contributed by atoms with Crippen LogP contribution in [-0.4, -0.2) is 0 Å². The van der Waals surface area contributed by atoms with Gasteiger partial charge in [0, 0.05) is 0 Å². The molecule has 0 bridgehead atoms. The average molecular weight is 520 g/mol. The van der Waals surface area contributed by atoms with Gasteiger partial charge in [-0.05, 0) is 0 Å². The molecule has 0 atom stereocenters. The first-order valence-electron chi connectivity index (χ1n) is 8.72. The van der Waals surface area contributed by atoms with Crippen molar-refractivity contribution in [3.05, 3.63) is 41.1 Å². The van der Waals surface area contributed by atoms with Gasteiger partial charge in [-0.3, -0.25) is 0 Å². The summed E-state index contributed by atoms with van der Waals surface area (Å²) in [4.78, 5) is 0. The van der Waals surface area contributed by atoms with Gasteiger partial charge in [0.25, 0.3) is 0 Å². The first kappa shape index (κ1) is 23.4. The monoisotopic (exact) mass is 520 g/mol. The van der Waals surface area contributed by atoms with Gasteiger partial charge < -0.3 is 24.8 Å². The Morgan fingerprint density at radius 1 is 0.783 bits per heavy atom. The van der Waals surface area contributed by atoms with Gasteiger partial charge in [-0.2, -0.15) is 0 Å². The molecule has 0 N–H and O–H groups in total. The summed E-state index contributed by atoms with van der Waals surface area (Å²) in [6.45, 7) is 9.38. The zero-order chi connectivity index (χ0) is 15.2. The predicted octanol–water partition coefficient (Wildman–Crippen LogP) is 0.666. The van der Waals surface area contributed by atoms with Crippen molar-refractivity contribution < 1.29 is 47.7 Å². The van der Waals surface area contributed by atoms with Crippen LogP contribution in [-0.2, 0) is 22.9 Å². The second-order valence-corrected chi connectivity index (χ2v) is 11.6. The van der Waals surface area contributed by atoms with E-state index in [1.807, 2.05) is 6.66 Å². The van der Waals surface area contributed by atoms with Crippen molar-refractivity contribution in [2.45, 2.75) is 79.1 Å². The van der Waals surface area contributed by atoms with E-state index in [9.17, 15) is 0 Å². The summed E-state index contributed by atoms with van der Waals surface area (Å²) in [7, 11) is 0. The first-order valence-corrected chi connectivity index (χ1v) is 12.3. The van der Waals surface area contributed by atoms with Crippen LogP contribution in [0.2, 0.25) is 0 Å². The number of hydrogen-bond donors (Lipinski definition) is 0. The molecule has 0 saturated carbocycles. The predicted molar refractivity (Wildman–Crippen MR) is 89.9 cm³/mol. The van der Waals surface area contributed by atoms with E-state index in [4.69, 9.17) is 0 Å². The molecule has 0 nitrogen and oxygen atoms in total. The summed E-state index contributed by atoms with van der Waals surface area (Å²) in [5.41, 5.74) is 6.73. The van der Waals surface area contributed by atoms with Crippen LogP contribution in [0.3, 0.4) is 0 Å².